The predicted octanol–water partition coefficient (Wildman–Crippen LogP) is 1.08. The Balaban J connectivity index is 2.67. The third-order valence-corrected chi connectivity index (χ3v) is 3.25. The number of carbonyl (C=O) groups excluding carboxylic acids is 1. The van der Waals surface area contributed by atoms with Gasteiger partial charge in [-0.15, -0.1) is 11.8 Å². The molecule has 0 bridgehead atoms. The van der Waals surface area contributed by atoms with Crippen molar-refractivity contribution in [3.8, 4) is 0 Å². The van der Waals surface area contributed by atoms with Crippen LogP contribution in [0.1, 0.15) is 13.8 Å². The molecule has 80 valence electrons. The predicted molar refractivity (Wildman–Crippen MR) is 61.3 cm³/mol. The lowest BCUT2D eigenvalue weighted by Gasteiger charge is -2.28. The Bertz CT molecular complexity index is 241. The quantitative estimate of drug-likeness (QED) is 0.698. The van der Waals surface area contributed by atoms with Crippen molar-refractivity contribution in [2.24, 2.45) is 0 Å². The average Bonchev–Trinajstić information content (AvgIpc) is 2.19. The third kappa shape index (κ3) is 2.75. The molecule has 0 radical (unpaired) electrons. The van der Waals surface area contributed by atoms with Gasteiger partial charge in [-0.25, -0.2) is 0 Å². The van der Waals surface area contributed by atoms with Gasteiger partial charge in [0, 0.05) is 26.2 Å². The Morgan fingerprint density at radius 2 is 1.86 bits per heavy atom. The van der Waals surface area contributed by atoms with Crippen LogP contribution in [0.4, 0.5) is 0 Å². The Hall–Kier alpha value is -0.480. The van der Waals surface area contributed by atoms with Crippen LogP contribution >= 0.6 is 11.8 Å². The van der Waals surface area contributed by atoms with E-state index in [2.05, 4.69) is 5.32 Å². The second kappa shape index (κ2) is 5.41. The summed E-state index contributed by atoms with van der Waals surface area (Å²) in [4.78, 5) is 14.8. The monoisotopic (exact) mass is 214 g/mol. The van der Waals surface area contributed by atoms with Crippen LogP contribution in [-0.4, -0.2) is 43.2 Å². The standard InChI is InChI=1S/C10H18N2OS/c1-8(2)9(14-3)10(13)12-6-4-11-5-7-12/h11H,4-7H2,1-3H3. The zero-order valence-corrected chi connectivity index (χ0v) is 9.91. The van der Waals surface area contributed by atoms with Crippen LogP contribution in [0.25, 0.3) is 0 Å². The van der Waals surface area contributed by atoms with Gasteiger partial charge in [0.2, 0.25) is 0 Å². The normalized spacial score (nSPS) is 16.6. The van der Waals surface area contributed by atoms with E-state index in [0.717, 1.165) is 36.7 Å². The molecule has 1 N–H and O–H groups in total. The van der Waals surface area contributed by atoms with Crippen molar-refractivity contribution in [3.63, 3.8) is 0 Å². The van der Waals surface area contributed by atoms with Gasteiger partial charge in [-0.05, 0) is 20.1 Å². The number of carbonyl (C=O) groups is 1. The van der Waals surface area contributed by atoms with Crippen molar-refractivity contribution in [1.82, 2.24) is 10.2 Å². The zero-order valence-electron chi connectivity index (χ0n) is 9.09. The number of hydrogen-bond donors (Lipinski definition) is 1. The highest BCUT2D eigenvalue weighted by Gasteiger charge is 2.19. The number of nitrogens with one attached hydrogen (secondary N) is 1. The molecule has 0 saturated carbocycles. The number of nitrogens with zero attached hydrogens (tertiary/aromatic N) is 1. The van der Waals surface area contributed by atoms with E-state index in [-0.39, 0.29) is 5.91 Å². The van der Waals surface area contributed by atoms with Gasteiger partial charge in [-0.2, -0.15) is 0 Å². The van der Waals surface area contributed by atoms with Crippen LogP contribution in [-0.2, 0) is 4.79 Å². The van der Waals surface area contributed by atoms with E-state index in [4.69, 9.17) is 0 Å². The fourth-order valence-corrected chi connectivity index (χ4v) is 2.23. The molecular formula is C10H18N2OS. The van der Waals surface area contributed by atoms with Gasteiger partial charge in [-0.1, -0.05) is 5.57 Å². The molecule has 1 amide bonds. The molecule has 1 aliphatic rings. The average molecular weight is 214 g/mol. The van der Waals surface area contributed by atoms with Crippen LogP contribution < -0.4 is 5.32 Å². The lowest BCUT2D eigenvalue weighted by Crippen LogP contribution is -2.46. The molecule has 1 rings (SSSR count). The first kappa shape index (κ1) is 11.6. The highest BCUT2D eigenvalue weighted by molar-refractivity contribution is 8.03. The van der Waals surface area contributed by atoms with Crippen molar-refractivity contribution in [2.45, 2.75) is 13.8 Å². The van der Waals surface area contributed by atoms with E-state index >= 15 is 0 Å². The Labute approximate surface area is 89.9 Å². The fourth-order valence-electron chi connectivity index (χ4n) is 1.52. The van der Waals surface area contributed by atoms with Gasteiger partial charge in [0.25, 0.3) is 5.91 Å². The number of amides is 1. The summed E-state index contributed by atoms with van der Waals surface area (Å²) in [6.07, 6.45) is 1.96. The largest absolute Gasteiger partial charge is 0.336 e. The molecule has 1 aliphatic heterocycles. The topological polar surface area (TPSA) is 32.3 Å². The molecule has 1 fully saturated rings. The molecule has 0 aromatic carbocycles. The molecule has 0 unspecified atom stereocenters. The number of rotatable bonds is 2. The van der Waals surface area contributed by atoms with Gasteiger partial charge in [0.15, 0.2) is 0 Å². The molecule has 4 heteroatoms. The summed E-state index contributed by atoms with van der Waals surface area (Å²) in [6, 6.07) is 0. The Kier molecular flexibility index (Phi) is 4.48. The first-order chi connectivity index (χ1) is 6.66. The maximum absolute atomic E-state index is 12.0. The molecule has 0 aliphatic carbocycles. The van der Waals surface area contributed by atoms with Gasteiger partial charge in [0.05, 0.1) is 4.91 Å². The van der Waals surface area contributed by atoms with Crippen LogP contribution in [0, 0.1) is 0 Å². The minimum Gasteiger partial charge on any atom is -0.336 e. The van der Waals surface area contributed by atoms with E-state index in [1.807, 2.05) is 25.0 Å². The van der Waals surface area contributed by atoms with Crippen LogP contribution in [0.5, 0.6) is 0 Å². The maximum Gasteiger partial charge on any atom is 0.260 e. The first-order valence-corrected chi connectivity index (χ1v) is 6.10. The summed E-state index contributed by atoms with van der Waals surface area (Å²) >= 11 is 1.55. The van der Waals surface area contributed by atoms with Crippen LogP contribution in [0.3, 0.4) is 0 Å². The summed E-state index contributed by atoms with van der Waals surface area (Å²) in [5.74, 6) is 0.194. The second-order valence-electron chi connectivity index (χ2n) is 3.58. The zero-order chi connectivity index (χ0) is 10.6. The van der Waals surface area contributed by atoms with E-state index < -0.39 is 0 Å². The van der Waals surface area contributed by atoms with E-state index in [1.54, 1.807) is 11.8 Å². The van der Waals surface area contributed by atoms with Crippen molar-refractivity contribution in [2.75, 3.05) is 32.4 Å². The summed E-state index contributed by atoms with van der Waals surface area (Å²) in [5.41, 5.74) is 1.11. The smallest absolute Gasteiger partial charge is 0.260 e. The Morgan fingerprint density at radius 1 is 1.29 bits per heavy atom. The first-order valence-electron chi connectivity index (χ1n) is 4.88. The molecule has 1 heterocycles. The highest BCUT2D eigenvalue weighted by atomic mass is 32.2. The molecule has 0 spiro atoms. The number of hydrogen-bond acceptors (Lipinski definition) is 3. The maximum atomic E-state index is 12.0. The SMILES string of the molecule is CSC(C(=O)N1CCNCC1)=C(C)C. The molecule has 1 saturated heterocycles. The lowest BCUT2D eigenvalue weighted by molar-refractivity contribution is -0.126. The molecule has 0 atom stereocenters. The molecule has 0 aromatic heterocycles. The van der Waals surface area contributed by atoms with E-state index in [1.165, 1.54) is 0 Å². The number of piperazine rings is 1. The van der Waals surface area contributed by atoms with Crippen molar-refractivity contribution < 1.29 is 4.79 Å². The van der Waals surface area contributed by atoms with Crippen LogP contribution in [0.2, 0.25) is 0 Å². The van der Waals surface area contributed by atoms with E-state index in [9.17, 15) is 4.79 Å². The van der Waals surface area contributed by atoms with Crippen molar-refractivity contribution >= 4 is 17.7 Å². The minimum absolute atomic E-state index is 0.194. The van der Waals surface area contributed by atoms with Gasteiger partial charge >= 0.3 is 0 Å². The number of thioether (sulfide) groups is 1. The molecular weight excluding hydrogens is 196 g/mol. The summed E-state index contributed by atoms with van der Waals surface area (Å²) in [6.45, 7) is 7.47. The Morgan fingerprint density at radius 3 is 2.29 bits per heavy atom. The number of allylic oxidation sites excluding steroid dienone is 1. The highest BCUT2D eigenvalue weighted by Crippen LogP contribution is 2.19. The summed E-state index contributed by atoms with van der Waals surface area (Å²) in [7, 11) is 0. The molecule has 14 heavy (non-hydrogen) atoms. The molecule has 3 nitrogen and oxygen atoms in total. The minimum atomic E-state index is 0.194. The third-order valence-electron chi connectivity index (χ3n) is 2.26. The summed E-state index contributed by atoms with van der Waals surface area (Å²) in [5, 5.41) is 3.24. The fraction of sp³-hybridized carbons (Fsp3) is 0.700. The van der Waals surface area contributed by atoms with Crippen molar-refractivity contribution in [3.05, 3.63) is 10.5 Å². The van der Waals surface area contributed by atoms with Gasteiger partial charge in [-0.3, -0.25) is 4.79 Å². The summed E-state index contributed by atoms with van der Waals surface area (Å²) < 4.78 is 0. The second-order valence-corrected chi connectivity index (χ2v) is 4.39. The van der Waals surface area contributed by atoms with Gasteiger partial charge < -0.3 is 10.2 Å². The van der Waals surface area contributed by atoms with E-state index in [0.29, 0.717) is 0 Å². The van der Waals surface area contributed by atoms with Crippen molar-refractivity contribution in [1.29, 1.82) is 0 Å². The van der Waals surface area contributed by atoms with Gasteiger partial charge in [0.1, 0.15) is 0 Å². The van der Waals surface area contributed by atoms with Crippen LogP contribution in [0.15, 0.2) is 10.5 Å². The molecule has 0 aromatic rings. The lowest BCUT2D eigenvalue weighted by atomic mass is 10.2.